The van der Waals surface area contributed by atoms with Crippen molar-refractivity contribution < 1.29 is 19.0 Å². The molecule has 0 amide bonds. The summed E-state index contributed by atoms with van der Waals surface area (Å²) < 4.78 is 15.8. The van der Waals surface area contributed by atoms with Gasteiger partial charge >= 0.3 is 5.97 Å². The van der Waals surface area contributed by atoms with Crippen LogP contribution >= 0.6 is 0 Å². The summed E-state index contributed by atoms with van der Waals surface area (Å²) in [5.41, 5.74) is 0.974. The average molecular weight is 289 g/mol. The van der Waals surface area contributed by atoms with Gasteiger partial charge in [-0.25, -0.2) is 9.78 Å². The zero-order valence-corrected chi connectivity index (χ0v) is 12.3. The van der Waals surface area contributed by atoms with Crippen molar-refractivity contribution in [2.45, 2.75) is 13.3 Å². The lowest BCUT2D eigenvalue weighted by atomic mass is 10.2. The molecule has 0 aliphatic carbocycles. The fourth-order valence-electron chi connectivity index (χ4n) is 1.96. The highest BCUT2D eigenvalue weighted by Gasteiger charge is 2.13. The number of hydrogen-bond acceptors (Lipinski definition) is 5. The molecule has 0 unspecified atom stereocenters. The van der Waals surface area contributed by atoms with E-state index in [0.717, 1.165) is 11.8 Å². The molecule has 0 aliphatic heterocycles. The van der Waals surface area contributed by atoms with Gasteiger partial charge in [-0.1, -0.05) is 12.1 Å². The zero-order chi connectivity index (χ0) is 15.1. The van der Waals surface area contributed by atoms with E-state index >= 15 is 0 Å². The number of aromatic nitrogens is 1. The van der Waals surface area contributed by atoms with Crippen LogP contribution in [0.15, 0.2) is 30.3 Å². The monoisotopic (exact) mass is 289 g/mol. The number of pyridine rings is 1. The molecule has 0 spiro atoms. The van der Waals surface area contributed by atoms with Crippen LogP contribution in [0.4, 0.5) is 0 Å². The van der Waals surface area contributed by atoms with Crippen LogP contribution in [0.5, 0.6) is 5.75 Å². The van der Waals surface area contributed by atoms with Crippen molar-refractivity contribution in [3.8, 4) is 5.75 Å². The van der Waals surface area contributed by atoms with Gasteiger partial charge in [-0.2, -0.15) is 0 Å². The molecule has 0 saturated heterocycles. The summed E-state index contributed by atoms with van der Waals surface area (Å²) in [5.74, 6) is 0.199. The summed E-state index contributed by atoms with van der Waals surface area (Å²) in [7, 11) is 1.65. The van der Waals surface area contributed by atoms with E-state index in [9.17, 15) is 4.79 Å². The normalized spacial score (nSPS) is 10.6. The molecule has 0 fully saturated rings. The number of fused-ring (bicyclic) bond motifs is 1. The van der Waals surface area contributed by atoms with Crippen molar-refractivity contribution in [2.24, 2.45) is 0 Å². The second kappa shape index (κ2) is 7.59. The molecule has 0 saturated carbocycles. The highest BCUT2D eigenvalue weighted by Crippen LogP contribution is 2.25. The molecule has 112 valence electrons. The number of carbonyl (C=O) groups is 1. The summed E-state index contributed by atoms with van der Waals surface area (Å²) >= 11 is 0. The Hall–Kier alpha value is -2.14. The standard InChI is InChI=1S/C16H19NO4/c1-3-20-16(18)14-11-15(21-10-6-9-19-2)12-7-4-5-8-13(12)17-14/h4-5,7-8,11H,3,6,9-10H2,1-2H3. The third-order valence-corrected chi connectivity index (χ3v) is 2.91. The lowest BCUT2D eigenvalue weighted by Crippen LogP contribution is -2.09. The van der Waals surface area contributed by atoms with Crippen LogP contribution in [0.2, 0.25) is 0 Å². The van der Waals surface area contributed by atoms with Crippen molar-refractivity contribution in [3.63, 3.8) is 0 Å². The molecule has 0 bridgehead atoms. The first kappa shape index (κ1) is 15.3. The minimum atomic E-state index is -0.440. The number of ether oxygens (including phenoxy) is 3. The lowest BCUT2D eigenvalue weighted by molar-refractivity contribution is 0.0519. The summed E-state index contributed by atoms with van der Waals surface area (Å²) in [5, 5.41) is 0.878. The number of carbonyl (C=O) groups excluding carboxylic acids is 1. The van der Waals surface area contributed by atoms with Gasteiger partial charge in [0, 0.05) is 31.6 Å². The lowest BCUT2D eigenvalue weighted by Gasteiger charge is -2.11. The van der Waals surface area contributed by atoms with E-state index in [1.165, 1.54) is 0 Å². The predicted octanol–water partition coefficient (Wildman–Crippen LogP) is 2.83. The van der Waals surface area contributed by atoms with Gasteiger partial charge in [0.15, 0.2) is 5.69 Å². The Bertz CT molecular complexity index is 612. The zero-order valence-electron chi connectivity index (χ0n) is 12.3. The minimum Gasteiger partial charge on any atom is -0.493 e. The van der Waals surface area contributed by atoms with Gasteiger partial charge in [-0.3, -0.25) is 0 Å². The number of hydrogen-bond donors (Lipinski definition) is 0. The first-order valence-electron chi connectivity index (χ1n) is 6.95. The summed E-state index contributed by atoms with van der Waals surface area (Å²) in [6.07, 6.45) is 0.780. The van der Waals surface area contributed by atoms with Gasteiger partial charge in [0.1, 0.15) is 5.75 Å². The predicted molar refractivity (Wildman–Crippen MR) is 79.7 cm³/mol. The molecule has 1 aromatic heterocycles. The maximum atomic E-state index is 11.9. The first-order valence-corrected chi connectivity index (χ1v) is 6.95. The molecule has 5 nitrogen and oxygen atoms in total. The maximum Gasteiger partial charge on any atom is 0.357 e. The number of methoxy groups -OCH3 is 1. The molecular weight excluding hydrogens is 270 g/mol. The van der Waals surface area contributed by atoms with E-state index in [1.54, 1.807) is 20.1 Å². The summed E-state index contributed by atoms with van der Waals surface area (Å²) in [6, 6.07) is 9.19. The highest BCUT2D eigenvalue weighted by atomic mass is 16.5. The van der Waals surface area contributed by atoms with Crippen molar-refractivity contribution in [1.82, 2.24) is 4.98 Å². The van der Waals surface area contributed by atoms with Crippen LogP contribution in [-0.2, 0) is 9.47 Å². The first-order chi connectivity index (χ1) is 10.3. The van der Waals surface area contributed by atoms with Crippen LogP contribution in [0.3, 0.4) is 0 Å². The Kier molecular flexibility index (Phi) is 5.51. The second-order valence-electron chi connectivity index (χ2n) is 4.44. The van der Waals surface area contributed by atoms with E-state index in [1.807, 2.05) is 24.3 Å². The molecule has 2 rings (SSSR count). The Labute approximate surface area is 123 Å². The van der Waals surface area contributed by atoms with E-state index in [2.05, 4.69) is 4.98 Å². The molecule has 0 radical (unpaired) electrons. The number of benzene rings is 1. The largest absolute Gasteiger partial charge is 0.493 e. The van der Waals surface area contributed by atoms with Gasteiger partial charge in [0.05, 0.1) is 18.7 Å². The topological polar surface area (TPSA) is 57.7 Å². The van der Waals surface area contributed by atoms with E-state index < -0.39 is 5.97 Å². The van der Waals surface area contributed by atoms with E-state index in [-0.39, 0.29) is 5.69 Å². The third-order valence-electron chi connectivity index (χ3n) is 2.91. The SMILES string of the molecule is CCOC(=O)c1cc(OCCCOC)c2ccccc2n1. The molecule has 0 atom stereocenters. The van der Waals surface area contributed by atoms with Crippen LogP contribution in [0.1, 0.15) is 23.8 Å². The van der Waals surface area contributed by atoms with Crippen LogP contribution in [0.25, 0.3) is 10.9 Å². The number of esters is 1. The van der Waals surface area contributed by atoms with E-state index in [0.29, 0.717) is 31.1 Å². The number of nitrogens with zero attached hydrogens (tertiary/aromatic N) is 1. The van der Waals surface area contributed by atoms with Crippen LogP contribution < -0.4 is 4.74 Å². The summed E-state index contributed by atoms with van der Waals surface area (Å²) in [4.78, 5) is 16.2. The smallest absolute Gasteiger partial charge is 0.357 e. The highest BCUT2D eigenvalue weighted by molar-refractivity contribution is 5.94. The molecule has 21 heavy (non-hydrogen) atoms. The summed E-state index contributed by atoms with van der Waals surface area (Å²) in [6.45, 7) is 3.23. The second-order valence-corrected chi connectivity index (χ2v) is 4.44. The fourth-order valence-corrected chi connectivity index (χ4v) is 1.96. The van der Waals surface area contributed by atoms with Crippen LogP contribution in [-0.4, -0.2) is 37.9 Å². The van der Waals surface area contributed by atoms with Crippen molar-refractivity contribution >= 4 is 16.9 Å². The quantitative estimate of drug-likeness (QED) is 0.579. The molecule has 1 aromatic carbocycles. The van der Waals surface area contributed by atoms with Crippen molar-refractivity contribution in [2.75, 3.05) is 26.9 Å². The number of para-hydroxylation sites is 1. The Morgan fingerprint density at radius 3 is 2.81 bits per heavy atom. The van der Waals surface area contributed by atoms with Crippen molar-refractivity contribution in [3.05, 3.63) is 36.0 Å². The minimum absolute atomic E-state index is 0.261. The van der Waals surface area contributed by atoms with Crippen LogP contribution in [0, 0.1) is 0 Å². The molecular formula is C16H19NO4. The molecule has 1 heterocycles. The Morgan fingerprint density at radius 2 is 2.05 bits per heavy atom. The Morgan fingerprint density at radius 1 is 1.24 bits per heavy atom. The maximum absolute atomic E-state index is 11.9. The number of rotatable bonds is 7. The fraction of sp³-hybridized carbons (Fsp3) is 0.375. The Balaban J connectivity index is 2.29. The molecule has 0 N–H and O–H groups in total. The molecule has 2 aromatic rings. The van der Waals surface area contributed by atoms with Gasteiger partial charge in [0.25, 0.3) is 0 Å². The average Bonchev–Trinajstić information content (AvgIpc) is 2.51. The molecule has 0 aliphatic rings. The van der Waals surface area contributed by atoms with Gasteiger partial charge in [0.2, 0.25) is 0 Å². The molecule has 5 heteroatoms. The van der Waals surface area contributed by atoms with Gasteiger partial charge in [-0.15, -0.1) is 0 Å². The van der Waals surface area contributed by atoms with Crippen molar-refractivity contribution in [1.29, 1.82) is 0 Å². The third kappa shape index (κ3) is 3.92. The van der Waals surface area contributed by atoms with Gasteiger partial charge in [-0.05, 0) is 19.1 Å². The van der Waals surface area contributed by atoms with Gasteiger partial charge < -0.3 is 14.2 Å². The van der Waals surface area contributed by atoms with E-state index in [4.69, 9.17) is 14.2 Å².